The molecule has 5 nitrogen and oxygen atoms in total. The average molecular weight is 404 g/mol. The van der Waals surface area contributed by atoms with Gasteiger partial charge in [-0.3, -0.25) is 4.79 Å². The molecular weight excluding hydrogens is 388 g/mol. The monoisotopic (exact) mass is 404 g/mol. The summed E-state index contributed by atoms with van der Waals surface area (Å²) in [4.78, 5) is 17.8. The normalized spacial score (nSPS) is 17.1. The highest BCUT2D eigenvalue weighted by Gasteiger charge is 2.32. The second kappa shape index (κ2) is 6.98. The lowest BCUT2D eigenvalue weighted by molar-refractivity contribution is -0.137. The maximum Gasteiger partial charge on any atom is 0.416 e. The van der Waals surface area contributed by atoms with E-state index in [4.69, 9.17) is 0 Å². The van der Waals surface area contributed by atoms with Gasteiger partial charge in [0, 0.05) is 30.2 Å². The van der Waals surface area contributed by atoms with Crippen LogP contribution in [-0.2, 0) is 11.0 Å². The number of pyridine rings is 1. The molecule has 0 radical (unpaired) electrons. The number of amides is 1. The summed E-state index contributed by atoms with van der Waals surface area (Å²) >= 11 is 0. The van der Waals surface area contributed by atoms with Crippen LogP contribution in [0.3, 0.4) is 0 Å². The van der Waals surface area contributed by atoms with E-state index < -0.39 is 17.6 Å². The molecule has 1 amide bonds. The van der Waals surface area contributed by atoms with Gasteiger partial charge in [-0.1, -0.05) is 6.58 Å². The van der Waals surface area contributed by atoms with Gasteiger partial charge in [0.05, 0.1) is 11.6 Å². The number of carbonyl (C=O) groups is 1. The second-order valence-corrected chi connectivity index (χ2v) is 6.79. The number of rotatable bonds is 3. The zero-order valence-electron chi connectivity index (χ0n) is 15.2. The lowest BCUT2D eigenvalue weighted by atomic mass is 10.1. The number of alkyl halides is 3. The molecule has 1 aliphatic rings. The standard InChI is InChI=1S/C20H16F4N4O/c1-2-17(29)27-9-7-13(11-27)28-19-15(4-3-8-25-19)18(26-28)14-6-5-12(10-16(14)21)20(22,23)24/h2-6,8,10,13H,1,7,9,11H2. The largest absolute Gasteiger partial charge is 0.416 e. The van der Waals surface area contributed by atoms with Crippen LogP contribution in [0.4, 0.5) is 17.6 Å². The van der Waals surface area contributed by atoms with Gasteiger partial charge in [-0.2, -0.15) is 18.3 Å². The summed E-state index contributed by atoms with van der Waals surface area (Å²) in [7, 11) is 0. The molecule has 0 spiro atoms. The van der Waals surface area contributed by atoms with Crippen molar-refractivity contribution >= 4 is 16.9 Å². The van der Waals surface area contributed by atoms with Crippen molar-refractivity contribution in [1.29, 1.82) is 0 Å². The van der Waals surface area contributed by atoms with Gasteiger partial charge in [-0.15, -0.1) is 0 Å². The maximum atomic E-state index is 14.6. The minimum absolute atomic E-state index is 0.0354. The zero-order chi connectivity index (χ0) is 20.8. The van der Waals surface area contributed by atoms with Crippen molar-refractivity contribution in [3.8, 4) is 11.3 Å². The first-order valence-corrected chi connectivity index (χ1v) is 8.91. The Morgan fingerprint density at radius 2 is 2.07 bits per heavy atom. The number of halogens is 4. The quantitative estimate of drug-likeness (QED) is 0.485. The van der Waals surface area contributed by atoms with Crippen molar-refractivity contribution in [3.05, 3.63) is 60.6 Å². The van der Waals surface area contributed by atoms with Gasteiger partial charge in [-0.05, 0) is 42.8 Å². The van der Waals surface area contributed by atoms with Crippen LogP contribution in [0.5, 0.6) is 0 Å². The highest BCUT2D eigenvalue weighted by atomic mass is 19.4. The highest BCUT2D eigenvalue weighted by molar-refractivity contribution is 5.91. The number of benzene rings is 1. The van der Waals surface area contributed by atoms with Crippen LogP contribution in [0.1, 0.15) is 18.0 Å². The summed E-state index contributed by atoms with van der Waals surface area (Å²) in [6, 6.07) is 5.56. The van der Waals surface area contributed by atoms with Crippen molar-refractivity contribution in [2.75, 3.05) is 13.1 Å². The van der Waals surface area contributed by atoms with Crippen LogP contribution in [0, 0.1) is 5.82 Å². The smallest absolute Gasteiger partial charge is 0.337 e. The van der Waals surface area contributed by atoms with Gasteiger partial charge in [0.15, 0.2) is 5.65 Å². The molecule has 29 heavy (non-hydrogen) atoms. The van der Waals surface area contributed by atoms with E-state index in [1.165, 1.54) is 6.08 Å². The second-order valence-electron chi connectivity index (χ2n) is 6.79. The third-order valence-electron chi connectivity index (χ3n) is 5.01. The van der Waals surface area contributed by atoms with Crippen LogP contribution < -0.4 is 0 Å². The molecule has 9 heteroatoms. The van der Waals surface area contributed by atoms with Crippen LogP contribution in [-0.4, -0.2) is 38.7 Å². The van der Waals surface area contributed by atoms with Crippen molar-refractivity contribution in [2.24, 2.45) is 0 Å². The topological polar surface area (TPSA) is 51.0 Å². The fraction of sp³-hybridized carbons (Fsp3) is 0.250. The maximum absolute atomic E-state index is 14.6. The Labute approximate surface area is 163 Å². The van der Waals surface area contributed by atoms with Crippen LogP contribution in [0.25, 0.3) is 22.3 Å². The molecular formula is C20H16F4N4O. The molecule has 4 rings (SSSR count). The van der Waals surface area contributed by atoms with Gasteiger partial charge in [0.1, 0.15) is 11.5 Å². The summed E-state index contributed by atoms with van der Waals surface area (Å²) in [5.41, 5.74) is -0.394. The van der Waals surface area contributed by atoms with Gasteiger partial charge in [0.25, 0.3) is 0 Å². The molecule has 0 N–H and O–H groups in total. The van der Waals surface area contributed by atoms with Crippen LogP contribution in [0.2, 0.25) is 0 Å². The lowest BCUT2D eigenvalue weighted by Gasteiger charge is -2.14. The first-order chi connectivity index (χ1) is 13.8. The minimum Gasteiger partial charge on any atom is -0.337 e. The Morgan fingerprint density at radius 3 is 2.76 bits per heavy atom. The Hall–Kier alpha value is -3.23. The van der Waals surface area contributed by atoms with Crippen LogP contribution >= 0.6 is 0 Å². The Kier molecular flexibility index (Phi) is 4.60. The molecule has 0 aliphatic carbocycles. The predicted octanol–water partition coefficient (Wildman–Crippen LogP) is 4.22. The number of hydrogen-bond donors (Lipinski definition) is 0. The van der Waals surface area contributed by atoms with E-state index in [-0.39, 0.29) is 23.2 Å². The average Bonchev–Trinajstić information content (AvgIpc) is 3.31. The van der Waals surface area contributed by atoms with E-state index in [9.17, 15) is 22.4 Å². The van der Waals surface area contributed by atoms with E-state index in [0.29, 0.717) is 36.6 Å². The number of fused-ring (bicyclic) bond motifs is 1. The van der Waals surface area contributed by atoms with E-state index in [1.807, 2.05) is 0 Å². The fourth-order valence-electron chi connectivity index (χ4n) is 3.58. The fourth-order valence-corrected chi connectivity index (χ4v) is 3.58. The van der Waals surface area contributed by atoms with Gasteiger partial charge < -0.3 is 4.90 Å². The molecule has 2 aromatic heterocycles. The third kappa shape index (κ3) is 3.37. The van der Waals surface area contributed by atoms with E-state index in [0.717, 1.165) is 12.1 Å². The van der Waals surface area contributed by atoms with Gasteiger partial charge in [-0.25, -0.2) is 14.1 Å². The Balaban J connectivity index is 1.78. The summed E-state index contributed by atoms with van der Waals surface area (Å²) < 4.78 is 54.8. The molecule has 3 heterocycles. The molecule has 1 aliphatic heterocycles. The van der Waals surface area contributed by atoms with E-state index >= 15 is 0 Å². The van der Waals surface area contributed by atoms with E-state index in [1.54, 1.807) is 27.9 Å². The minimum atomic E-state index is -4.63. The molecule has 0 bridgehead atoms. The molecule has 0 saturated carbocycles. The molecule has 1 fully saturated rings. The Morgan fingerprint density at radius 1 is 1.28 bits per heavy atom. The molecule has 1 unspecified atom stereocenters. The van der Waals surface area contributed by atoms with Crippen molar-refractivity contribution in [3.63, 3.8) is 0 Å². The predicted molar refractivity (Wildman–Crippen MR) is 98.4 cm³/mol. The van der Waals surface area contributed by atoms with Crippen LogP contribution in [0.15, 0.2) is 49.2 Å². The number of aromatic nitrogens is 3. The van der Waals surface area contributed by atoms with Gasteiger partial charge in [0.2, 0.25) is 5.91 Å². The van der Waals surface area contributed by atoms with Crippen molar-refractivity contribution in [1.82, 2.24) is 19.7 Å². The summed E-state index contributed by atoms with van der Waals surface area (Å²) in [6.45, 7) is 4.40. The first kappa shape index (κ1) is 19.1. The lowest BCUT2D eigenvalue weighted by Crippen LogP contribution is -2.27. The Bertz CT molecular complexity index is 1110. The number of hydrogen-bond acceptors (Lipinski definition) is 3. The number of nitrogens with zero attached hydrogens (tertiary/aromatic N) is 4. The van der Waals surface area contributed by atoms with Crippen molar-refractivity contribution < 1.29 is 22.4 Å². The zero-order valence-corrected chi connectivity index (χ0v) is 15.2. The number of likely N-dealkylation sites (tertiary alicyclic amines) is 1. The molecule has 3 aromatic rings. The molecule has 150 valence electrons. The summed E-state index contributed by atoms with van der Waals surface area (Å²) in [6.07, 6.45) is -1.20. The summed E-state index contributed by atoms with van der Waals surface area (Å²) in [5.74, 6) is -1.20. The van der Waals surface area contributed by atoms with Crippen molar-refractivity contribution in [2.45, 2.75) is 18.6 Å². The third-order valence-corrected chi connectivity index (χ3v) is 5.01. The molecule has 1 saturated heterocycles. The highest BCUT2D eigenvalue weighted by Crippen LogP contribution is 2.36. The summed E-state index contributed by atoms with van der Waals surface area (Å²) in [5, 5.41) is 5.01. The SMILES string of the molecule is C=CC(=O)N1CCC(n2nc(-c3ccc(C(F)(F)F)cc3F)c3cccnc32)C1. The van der Waals surface area contributed by atoms with E-state index in [2.05, 4.69) is 16.7 Å². The number of carbonyl (C=O) groups excluding carboxylic acids is 1. The first-order valence-electron chi connectivity index (χ1n) is 8.91. The van der Waals surface area contributed by atoms with Gasteiger partial charge >= 0.3 is 6.18 Å². The molecule has 1 aromatic carbocycles. The molecule has 1 atom stereocenters.